The minimum Gasteiger partial charge on any atom is -0.378 e. The Morgan fingerprint density at radius 1 is 1.14 bits per heavy atom. The number of rotatable bonds is 6. The van der Waals surface area contributed by atoms with Gasteiger partial charge in [-0.3, -0.25) is 14.7 Å². The Morgan fingerprint density at radius 2 is 1.93 bits per heavy atom. The van der Waals surface area contributed by atoms with Crippen molar-refractivity contribution in [3.05, 3.63) is 70.0 Å². The standard InChI is InChI=1S/C19H18FN5O3S/c20-15-5-3-6-16(12-15)24-18(23-8-10-28-11-9-23)21-22-19(24)29-13-14-4-1-2-7-17(14)25(26)27/h1-7,12H,8-11,13H2. The van der Waals surface area contributed by atoms with Crippen molar-refractivity contribution >= 4 is 23.4 Å². The summed E-state index contributed by atoms with van der Waals surface area (Å²) in [7, 11) is 0. The number of hydrogen-bond donors (Lipinski definition) is 0. The lowest BCUT2D eigenvalue weighted by Crippen LogP contribution is -2.37. The molecule has 150 valence electrons. The lowest BCUT2D eigenvalue weighted by atomic mass is 10.2. The second-order valence-corrected chi connectivity index (χ2v) is 7.31. The molecule has 0 atom stereocenters. The number of thioether (sulfide) groups is 1. The predicted octanol–water partition coefficient (Wildman–Crippen LogP) is 3.44. The maximum Gasteiger partial charge on any atom is 0.273 e. The molecule has 1 saturated heterocycles. The number of hydrogen-bond acceptors (Lipinski definition) is 7. The topological polar surface area (TPSA) is 86.3 Å². The third kappa shape index (κ3) is 4.22. The van der Waals surface area contributed by atoms with E-state index in [1.54, 1.807) is 34.9 Å². The molecule has 0 saturated carbocycles. The van der Waals surface area contributed by atoms with E-state index in [1.165, 1.54) is 30.0 Å². The van der Waals surface area contributed by atoms with Crippen LogP contribution in [-0.2, 0) is 10.5 Å². The molecule has 10 heteroatoms. The molecule has 4 rings (SSSR count). The average Bonchev–Trinajstić information content (AvgIpc) is 3.17. The SMILES string of the molecule is O=[N+]([O-])c1ccccc1CSc1nnc(N2CCOCC2)n1-c1cccc(F)c1. The molecule has 2 aromatic carbocycles. The minimum absolute atomic E-state index is 0.0604. The smallest absolute Gasteiger partial charge is 0.273 e. The zero-order valence-corrected chi connectivity index (χ0v) is 16.2. The lowest BCUT2D eigenvalue weighted by Gasteiger charge is -2.27. The molecule has 1 aromatic heterocycles. The third-order valence-corrected chi connectivity index (χ3v) is 5.50. The molecule has 8 nitrogen and oxygen atoms in total. The second-order valence-electron chi connectivity index (χ2n) is 6.37. The van der Waals surface area contributed by atoms with Gasteiger partial charge in [-0.15, -0.1) is 10.2 Å². The Kier molecular flexibility index (Phi) is 5.72. The lowest BCUT2D eigenvalue weighted by molar-refractivity contribution is -0.385. The summed E-state index contributed by atoms with van der Waals surface area (Å²) < 4.78 is 21.1. The molecule has 2 heterocycles. The molecule has 29 heavy (non-hydrogen) atoms. The highest BCUT2D eigenvalue weighted by Crippen LogP contribution is 2.31. The molecule has 0 bridgehead atoms. The highest BCUT2D eigenvalue weighted by atomic mass is 32.2. The number of benzene rings is 2. The van der Waals surface area contributed by atoms with Gasteiger partial charge in [-0.25, -0.2) is 4.39 Å². The number of nitro benzene ring substituents is 1. The van der Waals surface area contributed by atoms with E-state index in [9.17, 15) is 14.5 Å². The molecule has 0 N–H and O–H groups in total. The van der Waals surface area contributed by atoms with Crippen LogP contribution in [0.5, 0.6) is 0 Å². The van der Waals surface area contributed by atoms with Gasteiger partial charge in [0.2, 0.25) is 5.95 Å². The number of aromatic nitrogens is 3. The van der Waals surface area contributed by atoms with Crippen LogP contribution in [0.3, 0.4) is 0 Å². The van der Waals surface area contributed by atoms with Gasteiger partial charge in [-0.2, -0.15) is 0 Å². The molecular weight excluding hydrogens is 397 g/mol. The van der Waals surface area contributed by atoms with Crippen LogP contribution >= 0.6 is 11.8 Å². The number of halogens is 1. The van der Waals surface area contributed by atoms with Gasteiger partial charge in [0.05, 0.1) is 23.8 Å². The van der Waals surface area contributed by atoms with Gasteiger partial charge < -0.3 is 9.64 Å². The summed E-state index contributed by atoms with van der Waals surface area (Å²) in [5.74, 6) is 0.580. The van der Waals surface area contributed by atoms with Gasteiger partial charge in [0.1, 0.15) is 5.82 Å². The zero-order valence-electron chi connectivity index (χ0n) is 15.4. The largest absolute Gasteiger partial charge is 0.378 e. The fourth-order valence-corrected chi connectivity index (χ4v) is 4.06. The number of nitrogens with zero attached hydrogens (tertiary/aromatic N) is 5. The quantitative estimate of drug-likeness (QED) is 0.346. The highest BCUT2D eigenvalue weighted by Gasteiger charge is 2.23. The highest BCUT2D eigenvalue weighted by molar-refractivity contribution is 7.98. The number of nitro groups is 1. The summed E-state index contributed by atoms with van der Waals surface area (Å²) in [5.41, 5.74) is 1.25. The molecule has 1 fully saturated rings. The Morgan fingerprint density at radius 3 is 2.69 bits per heavy atom. The number of anilines is 1. The summed E-state index contributed by atoms with van der Waals surface area (Å²) in [5, 5.41) is 20.4. The molecule has 0 aliphatic carbocycles. The van der Waals surface area contributed by atoms with Crippen molar-refractivity contribution in [2.24, 2.45) is 0 Å². The van der Waals surface area contributed by atoms with Crippen LogP contribution in [0.25, 0.3) is 5.69 Å². The van der Waals surface area contributed by atoms with Crippen molar-refractivity contribution in [2.75, 3.05) is 31.2 Å². The van der Waals surface area contributed by atoms with Crippen LogP contribution in [0.2, 0.25) is 0 Å². The molecule has 0 spiro atoms. The summed E-state index contributed by atoms with van der Waals surface area (Å²) >= 11 is 1.32. The summed E-state index contributed by atoms with van der Waals surface area (Å²) in [6.45, 7) is 2.47. The molecule has 1 aliphatic rings. The molecular formula is C19H18FN5O3S. The van der Waals surface area contributed by atoms with Crippen LogP contribution in [0.4, 0.5) is 16.0 Å². The maximum absolute atomic E-state index is 13.9. The average molecular weight is 415 g/mol. The van der Waals surface area contributed by atoms with E-state index < -0.39 is 4.92 Å². The van der Waals surface area contributed by atoms with Crippen molar-refractivity contribution in [1.29, 1.82) is 0 Å². The van der Waals surface area contributed by atoms with E-state index in [0.29, 0.717) is 54.4 Å². The Labute approximate surface area is 170 Å². The zero-order chi connectivity index (χ0) is 20.2. The van der Waals surface area contributed by atoms with Crippen LogP contribution in [0, 0.1) is 15.9 Å². The summed E-state index contributed by atoms with van der Waals surface area (Å²) in [6.07, 6.45) is 0. The second kappa shape index (κ2) is 8.58. The normalized spacial score (nSPS) is 14.2. The predicted molar refractivity (Wildman–Crippen MR) is 107 cm³/mol. The van der Waals surface area contributed by atoms with Crippen molar-refractivity contribution in [3.63, 3.8) is 0 Å². The van der Waals surface area contributed by atoms with Crippen LogP contribution in [0.1, 0.15) is 5.56 Å². The van der Waals surface area contributed by atoms with Crippen LogP contribution in [0.15, 0.2) is 53.7 Å². The molecule has 1 aliphatic heterocycles. The summed E-state index contributed by atoms with van der Waals surface area (Å²) in [4.78, 5) is 12.9. The molecule has 3 aromatic rings. The molecule has 0 unspecified atom stereocenters. The first-order valence-corrected chi connectivity index (χ1v) is 10.0. The van der Waals surface area contributed by atoms with Crippen molar-refractivity contribution in [1.82, 2.24) is 14.8 Å². The van der Waals surface area contributed by atoms with Crippen LogP contribution < -0.4 is 4.90 Å². The fourth-order valence-electron chi connectivity index (χ4n) is 3.12. The van der Waals surface area contributed by atoms with Gasteiger partial charge in [-0.1, -0.05) is 36.0 Å². The first-order chi connectivity index (χ1) is 14.1. The van der Waals surface area contributed by atoms with Gasteiger partial charge >= 0.3 is 0 Å². The van der Waals surface area contributed by atoms with E-state index in [-0.39, 0.29) is 11.5 Å². The Balaban J connectivity index is 1.68. The first-order valence-electron chi connectivity index (χ1n) is 9.02. The monoisotopic (exact) mass is 415 g/mol. The van der Waals surface area contributed by atoms with Gasteiger partial charge in [0.25, 0.3) is 5.69 Å². The van der Waals surface area contributed by atoms with Gasteiger partial charge in [0, 0.05) is 30.5 Å². The van der Waals surface area contributed by atoms with Crippen molar-refractivity contribution < 1.29 is 14.1 Å². The van der Waals surface area contributed by atoms with Gasteiger partial charge in [-0.05, 0) is 18.2 Å². The third-order valence-electron chi connectivity index (χ3n) is 4.52. The Hall–Kier alpha value is -2.98. The minimum atomic E-state index is -0.396. The number of morpholine rings is 1. The van der Waals surface area contributed by atoms with E-state index in [0.717, 1.165) is 0 Å². The van der Waals surface area contributed by atoms with Crippen molar-refractivity contribution in [3.8, 4) is 5.69 Å². The molecule has 0 radical (unpaired) electrons. The van der Waals surface area contributed by atoms with E-state index in [4.69, 9.17) is 4.74 Å². The van der Waals surface area contributed by atoms with E-state index in [2.05, 4.69) is 10.2 Å². The van der Waals surface area contributed by atoms with Gasteiger partial charge in [0.15, 0.2) is 5.16 Å². The number of ether oxygens (including phenoxy) is 1. The molecule has 0 amide bonds. The maximum atomic E-state index is 13.9. The van der Waals surface area contributed by atoms with Crippen LogP contribution in [-0.4, -0.2) is 46.0 Å². The van der Waals surface area contributed by atoms with Crippen molar-refractivity contribution in [2.45, 2.75) is 10.9 Å². The van der Waals surface area contributed by atoms with E-state index in [1.807, 2.05) is 4.90 Å². The number of para-hydroxylation sites is 1. The fraction of sp³-hybridized carbons (Fsp3) is 0.263. The first kappa shape index (κ1) is 19.3. The summed E-state index contributed by atoms with van der Waals surface area (Å²) in [6, 6.07) is 12.8. The van der Waals surface area contributed by atoms with E-state index >= 15 is 0 Å². The Bertz CT molecular complexity index is 1020.